The molecule has 1 heterocycles. The monoisotopic (exact) mass is 344 g/mol. The number of phenolic OH excluding ortho intramolecular Hbond substituents is 1. The van der Waals surface area contributed by atoms with E-state index >= 15 is 0 Å². The van der Waals surface area contributed by atoms with E-state index in [0.717, 1.165) is 11.5 Å². The third-order valence-corrected chi connectivity index (χ3v) is 3.94. The van der Waals surface area contributed by atoms with Crippen LogP contribution in [-0.4, -0.2) is 39.8 Å². The minimum absolute atomic E-state index is 0.0596. The summed E-state index contributed by atoms with van der Waals surface area (Å²) in [5.74, 6) is -1.38. The van der Waals surface area contributed by atoms with Gasteiger partial charge in [0.1, 0.15) is 30.0 Å². The van der Waals surface area contributed by atoms with Crippen LogP contribution in [0.15, 0.2) is 42.5 Å². The molecular formula is C16H12N2O5S. The van der Waals surface area contributed by atoms with Crippen LogP contribution in [0.1, 0.15) is 20.7 Å². The number of esters is 2. The zero-order chi connectivity index (χ0) is 16.9. The smallest absolute Gasteiger partial charge is 0.342 e. The van der Waals surface area contributed by atoms with Crippen LogP contribution in [0.25, 0.3) is 10.2 Å². The number of carbonyl (C=O) groups excluding carboxylic acids is 2. The van der Waals surface area contributed by atoms with Gasteiger partial charge in [0.15, 0.2) is 0 Å². The van der Waals surface area contributed by atoms with Crippen molar-refractivity contribution >= 4 is 33.7 Å². The van der Waals surface area contributed by atoms with Crippen molar-refractivity contribution in [3.05, 3.63) is 53.6 Å². The molecule has 7 nitrogen and oxygen atoms in total. The van der Waals surface area contributed by atoms with Crippen molar-refractivity contribution < 1.29 is 24.2 Å². The summed E-state index contributed by atoms with van der Waals surface area (Å²) in [4.78, 5) is 23.9. The maximum absolute atomic E-state index is 12.1. The van der Waals surface area contributed by atoms with Gasteiger partial charge >= 0.3 is 11.9 Å². The largest absolute Gasteiger partial charge is 0.507 e. The molecule has 3 aromatic rings. The average Bonchev–Trinajstić information content (AvgIpc) is 3.07. The topological polar surface area (TPSA) is 98.6 Å². The van der Waals surface area contributed by atoms with Crippen molar-refractivity contribution in [2.75, 3.05) is 13.2 Å². The van der Waals surface area contributed by atoms with Gasteiger partial charge in [-0.3, -0.25) is 0 Å². The molecule has 2 aromatic carbocycles. The first-order valence-electron chi connectivity index (χ1n) is 7.00. The van der Waals surface area contributed by atoms with E-state index in [9.17, 15) is 14.7 Å². The van der Waals surface area contributed by atoms with Crippen molar-refractivity contribution in [3.8, 4) is 5.75 Å². The highest BCUT2D eigenvalue weighted by atomic mass is 32.1. The Morgan fingerprint density at radius 1 is 0.958 bits per heavy atom. The molecule has 0 atom stereocenters. The number of aromatic hydroxyl groups is 1. The zero-order valence-corrected chi connectivity index (χ0v) is 13.2. The van der Waals surface area contributed by atoms with Crippen LogP contribution in [0.2, 0.25) is 0 Å². The highest BCUT2D eigenvalue weighted by Gasteiger charge is 2.15. The number of para-hydroxylation sites is 1. The third-order valence-electron chi connectivity index (χ3n) is 3.17. The van der Waals surface area contributed by atoms with Crippen LogP contribution >= 0.6 is 11.5 Å². The van der Waals surface area contributed by atoms with E-state index in [4.69, 9.17) is 9.47 Å². The normalized spacial score (nSPS) is 10.5. The van der Waals surface area contributed by atoms with Gasteiger partial charge in [0, 0.05) is 0 Å². The number of hydrogen-bond acceptors (Lipinski definition) is 8. The number of benzene rings is 2. The number of aromatic nitrogens is 2. The molecule has 0 spiro atoms. The fourth-order valence-electron chi connectivity index (χ4n) is 2.04. The van der Waals surface area contributed by atoms with E-state index in [-0.39, 0.29) is 24.5 Å². The van der Waals surface area contributed by atoms with Gasteiger partial charge in [-0.25, -0.2) is 9.59 Å². The summed E-state index contributed by atoms with van der Waals surface area (Å²) in [5.41, 5.74) is 1.05. The molecule has 3 rings (SSSR count). The summed E-state index contributed by atoms with van der Waals surface area (Å²) >= 11 is 1.11. The lowest BCUT2D eigenvalue weighted by Crippen LogP contribution is -2.14. The van der Waals surface area contributed by atoms with Crippen molar-refractivity contribution in [2.45, 2.75) is 0 Å². The molecule has 1 aromatic heterocycles. The number of rotatable bonds is 5. The Morgan fingerprint density at radius 2 is 1.62 bits per heavy atom. The molecule has 0 fully saturated rings. The Morgan fingerprint density at radius 3 is 2.38 bits per heavy atom. The summed E-state index contributed by atoms with van der Waals surface area (Å²) in [5, 5.41) is 13.4. The van der Waals surface area contributed by atoms with Crippen LogP contribution < -0.4 is 0 Å². The maximum Gasteiger partial charge on any atom is 0.342 e. The van der Waals surface area contributed by atoms with Crippen LogP contribution in [0.4, 0.5) is 0 Å². The van der Waals surface area contributed by atoms with Crippen molar-refractivity contribution in [2.24, 2.45) is 0 Å². The van der Waals surface area contributed by atoms with Crippen molar-refractivity contribution in [1.82, 2.24) is 9.59 Å². The second-order valence-electron chi connectivity index (χ2n) is 4.72. The van der Waals surface area contributed by atoms with E-state index < -0.39 is 11.9 Å². The van der Waals surface area contributed by atoms with Crippen LogP contribution in [-0.2, 0) is 9.47 Å². The third kappa shape index (κ3) is 3.33. The maximum atomic E-state index is 12.1. The first kappa shape index (κ1) is 15.9. The van der Waals surface area contributed by atoms with Crippen LogP contribution in [0.5, 0.6) is 5.75 Å². The SMILES string of the molecule is O=C(OCCOC(=O)c1cccc2nnsc12)c1ccccc1O. The molecule has 122 valence electrons. The highest BCUT2D eigenvalue weighted by molar-refractivity contribution is 7.13. The van der Waals surface area contributed by atoms with E-state index in [1.54, 1.807) is 30.3 Å². The van der Waals surface area contributed by atoms with Gasteiger partial charge in [-0.2, -0.15) is 0 Å². The van der Waals surface area contributed by atoms with Crippen molar-refractivity contribution in [1.29, 1.82) is 0 Å². The fraction of sp³-hybridized carbons (Fsp3) is 0.125. The number of hydrogen-bond donors (Lipinski definition) is 1. The lowest BCUT2D eigenvalue weighted by Gasteiger charge is -2.07. The molecule has 0 aliphatic heterocycles. The quantitative estimate of drug-likeness (QED) is 0.560. The molecule has 24 heavy (non-hydrogen) atoms. The van der Waals surface area contributed by atoms with Crippen LogP contribution in [0.3, 0.4) is 0 Å². The molecule has 0 radical (unpaired) electrons. The summed E-state index contributed by atoms with van der Waals surface area (Å²) in [6.45, 7) is -0.212. The van der Waals surface area contributed by atoms with Gasteiger partial charge in [-0.1, -0.05) is 22.7 Å². The second kappa shape index (κ2) is 7.05. The molecule has 0 saturated carbocycles. The number of carbonyl (C=O) groups is 2. The summed E-state index contributed by atoms with van der Waals surface area (Å²) in [7, 11) is 0. The molecule has 1 N–H and O–H groups in total. The highest BCUT2D eigenvalue weighted by Crippen LogP contribution is 2.21. The molecule has 0 bridgehead atoms. The van der Waals surface area contributed by atoms with Gasteiger partial charge in [0.25, 0.3) is 0 Å². The van der Waals surface area contributed by atoms with Gasteiger partial charge in [0.2, 0.25) is 0 Å². The average molecular weight is 344 g/mol. The van der Waals surface area contributed by atoms with Gasteiger partial charge in [-0.15, -0.1) is 5.10 Å². The van der Waals surface area contributed by atoms with E-state index in [2.05, 4.69) is 9.59 Å². The molecule has 0 amide bonds. The summed E-state index contributed by atoms with van der Waals surface area (Å²) in [6.07, 6.45) is 0. The minimum atomic E-state index is -0.682. The predicted octanol–water partition coefficient (Wildman–Crippen LogP) is 2.41. The summed E-state index contributed by atoms with van der Waals surface area (Å²) in [6, 6.07) is 11.1. The predicted molar refractivity (Wildman–Crippen MR) is 86.1 cm³/mol. The standard InChI is InChI=1S/C16H12N2O5S/c19-13-7-2-1-4-10(13)15(20)22-8-9-23-16(21)11-5-3-6-12-14(11)24-18-17-12/h1-7,19H,8-9H2. The second-order valence-corrected chi connectivity index (χ2v) is 5.47. The van der Waals surface area contributed by atoms with E-state index in [1.807, 2.05) is 0 Å². The fourth-order valence-corrected chi connectivity index (χ4v) is 2.70. The Hall–Kier alpha value is -3.00. The number of nitrogens with zero attached hydrogens (tertiary/aromatic N) is 2. The Bertz CT molecular complexity index is 893. The first-order chi connectivity index (χ1) is 11.7. The molecule has 0 saturated heterocycles. The molecule has 8 heteroatoms. The number of ether oxygens (including phenoxy) is 2. The zero-order valence-electron chi connectivity index (χ0n) is 12.3. The lowest BCUT2D eigenvalue weighted by atomic mass is 10.2. The van der Waals surface area contributed by atoms with Gasteiger partial charge in [0.05, 0.1) is 10.3 Å². The van der Waals surface area contributed by atoms with E-state index in [1.165, 1.54) is 12.1 Å². The van der Waals surface area contributed by atoms with Gasteiger partial charge in [-0.05, 0) is 35.8 Å². The first-order valence-corrected chi connectivity index (χ1v) is 7.77. The molecule has 0 unspecified atom stereocenters. The van der Waals surface area contributed by atoms with E-state index in [0.29, 0.717) is 15.8 Å². The Kier molecular flexibility index (Phi) is 4.66. The molecule has 0 aliphatic carbocycles. The van der Waals surface area contributed by atoms with Crippen molar-refractivity contribution in [3.63, 3.8) is 0 Å². The molecular weight excluding hydrogens is 332 g/mol. The van der Waals surface area contributed by atoms with Crippen LogP contribution in [0, 0.1) is 0 Å². The lowest BCUT2D eigenvalue weighted by molar-refractivity contribution is 0.0265. The number of fused-ring (bicyclic) bond motifs is 1. The number of phenols is 1. The minimum Gasteiger partial charge on any atom is -0.507 e. The molecule has 0 aliphatic rings. The Balaban J connectivity index is 1.53. The summed E-state index contributed by atoms with van der Waals surface area (Å²) < 4.78 is 14.5. The Labute approximate surface area is 140 Å². The van der Waals surface area contributed by atoms with Gasteiger partial charge < -0.3 is 14.6 Å².